The van der Waals surface area contributed by atoms with E-state index in [0.717, 1.165) is 26.1 Å². The van der Waals surface area contributed by atoms with Gasteiger partial charge in [0, 0.05) is 44.6 Å². The molecule has 0 bridgehead atoms. The molecule has 0 aromatic heterocycles. The van der Waals surface area contributed by atoms with Crippen LogP contribution in [0, 0.1) is 5.41 Å². The number of carbonyl (C=O) groups excluding carboxylic acids is 1. The van der Waals surface area contributed by atoms with Gasteiger partial charge in [0.05, 0.1) is 18.3 Å². The van der Waals surface area contributed by atoms with E-state index in [1.807, 2.05) is 20.8 Å². The van der Waals surface area contributed by atoms with Crippen molar-refractivity contribution >= 4 is 30.7 Å². The lowest BCUT2D eigenvalue weighted by Crippen LogP contribution is -2.75. The molecular formula is C18H37Cl2N3O3. The lowest BCUT2D eigenvalue weighted by molar-refractivity contribution is -0.170. The summed E-state index contributed by atoms with van der Waals surface area (Å²) in [6.07, 6.45) is 2.15. The van der Waals surface area contributed by atoms with Gasteiger partial charge in [-0.05, 0) is 27.2 Å². The van der Waals surface area contributed by atoms with E-state index in [1.165, 1.54) is 0 Å². The van der Waals surface area contributed by atoms with Crippen LogP contribution in [0.15, 0.2) is 0 Å². The largest absolute Gasteiger partial charge is 0.378 e. The second-order valence-corrected chi connectivity index (χ2v) is 7.97. The van der Waals surface area contributed by atoms with E-state index in [0.29, 0.717) is 19.6 Å². The third-order valence-corrected chi connectivity index (χ3v) is 5.67. The number of amides is 1. The molecule has 1 saturated heterocycles. The Morgan fingerprint density at radius 1 is 1.27 bits per heavy atom. The minimum absolute atomic E-state index is 0. The van der Waals surface area contributed by atoms with E-state index in [-0.39, 0.29) is 54.4 Å². The van der Waals surface area contributed by atoms with E-state index < -0.39 is 5.54 Å². The number of halogens is 2. The molecule has 8 heteroatoms. The Hall–Kier alpha value is -0.110. The van der Waals surface area contributed by atoms with E-state index in [9.17, 15) is 4.79 Å². The number of nitrogens with zero attached hydrogens (tertiary/aromatic N) is 1. The van der Waals surface area contributed by atoms with Crippen molar-refractivity contribution in [2.24, 2.45) is 11.1 Å². The fourth-order valence-electron chi connectivity index (χ4n) is 3.95. The molecule has 6 nitrogen and oxygen atoms in total. The molecule has 0 radical (unpaired) electrons. The Labute approximate surface area is 170 Å². The molecule has 2 fully saturated rings. The minimum Gasteiger partial charge on any atom is -0.378 e. The van der Waals surface area contributed by atoms with Gasteiger partial charge in [-0.15, -0.1) is 24.8 Å². The van der Waals surface area contributed by atoms with Crippen molar-refractivity contribution in [2.75, 3.05) is 32.8 Å². The van der Waals surface area contributed by atoms with Crippen LogP contribution in [0.3, 0.4) is 0 Å². The molecule has 1 saturated carbocycles. The molecule has 0 aromatic rings. The predicted octanol–water partition coefficient (Wildman–Crippen LogP) is 1.98. The van der Waals surface area contributed by atoms with Gasteiger partial charge in [-0.2, -0.15) is 0 Å². The van der Waals surface area contributed by atoms with Crippen molar-refractivity contribution in [2.45, 2.75) is 71.3 Å². The highest BCUT2D eigenvalue weighted by Crippen LogP contribution is 2.49. The maximum atomic E-state index is 12.5. The summed E-state index contributed by atoms with van der Waals surface area (Å²) < 4.78 is 11.4. The Kier molecular flexibility index (Phi) is 10.4. The van der Waals surface area contributed by atoms with Crippen LogP contribution in [-0.2, 0) is 14.3 Å². The molecule has 4 unspecified atom stereocenters. The zero-order valence-electron chi connectivity index (χ0n) is 16.7. The molecule has 156 valence electrons. The number of morpholine rings is 1. The Morgan fingerprint density at radius 2 is 1.85 bits per heavy atom. The highest BCUT2D eigenvalue weighted by Gasteiger charge is 2.62. The van der Waals surface area contributed by atoms with Gasteiger partial charge in [-0.25, -0.2) is 0 Å². The molecule has 0 spiro atoms. The highest BCUT2D eigenvalue weighted by molar-refractivity contribution is 5.88. The SMILES string of the molecule is CCOC1CC(N)(C(=O)NCCCN2CC(C)OC(C)C2)C1(C)C.Cl.Cl. The number of carbonyl (C=O) groups is 1. The lowest BCUT2D eigenvalue weighted by Gasteiger charge is -2.57. The van der Waals surface area contributed by atoms with Crippen molar-refractivity contribution in [3.05, 3.63) is 0 Å². The monoisotopic (exact) mass is 413 g/mol. The first-order chi connectivity index (χ1) is 11.2. The van der Waals surface area contributed by atoms with Gasteiger partial charge in [0.25, 0.3) is 0 Å². The summed E-state index contributed by atoms with van der Waals surface area (Å²) in [6.45, 7) is 14.4. The molecule has 0 aromatic carbocycles. The maximum Gasteiger partial charge on any atom is 0.240 e. The normalized spacial score (nSPS) is 33.4. The first kappa shape index (κ1) is 25.9. The fourth-order valence-corrected chi connectivity index (χ4v) is 3.95. The zero-order chi connectivity index (χ0) is 18.0. The molecule has 26 heavy (non-hydrogen) atoms. The van der Waals surface area contributed by atoms with Gasteiger partial charge in [0.15, 0.2) is 0 Å². The van der Waals surface area contributed by atoms with Crippen LogP contribution in [0.25, 0.3) is 0 Å². The minimum atomic E-state index is -0.825. The van der Waals surface area contributed by atoms with Gasteiger partial charge >= 0.3 is 0 Å². The number of nitrogens with one attached hydrogen (secondary N) is 1. The first-order valence-corrected chi connectivity index (χ1v) is 9.27. The Morgan fingerprint density at radius 3 is 2.35 bits per heavy atom. The van der Waals surface area contributed by atoms with Crippen molar-refractivity contribution in [1.29, 1.82) is 0 Å². The lowest BCUT2D eigenvalue weighted by atomic mass is 9.54. The first-order valence-electron chi connectivity index (χ1n) is 9.27. The van der Waals surface area contributed by atoms with Crippen LogP contribution in [0.5, 0.6) is 0 Å². The second kappa shape index (κ2) is 10.4. The van der Waals surface area contributed by atoms with Gasteiger partial charge < -0.3 is 20.5 Å². The third kappa shape index (κ3) is 5.46. The molecule has 2 rings (SSSR count). The van der Waals surface area contributed by atoms with E-state index in [4.69, 9.17) is 15.2 Å². The molecular weight excluding hydrogens is 377 g/mol. The number of hydrogen-bond acceptors (Lipinski definition) is 5. The van der Waals surface area contributed by atoms with Crippen LogP contribution >= 0.6 is 24.8 Å². The number of nitrogens with two attached hydrogens (primary N) is 1. The van der Waals surface area contributed by atoms with Gasteiger partial charge in [0.1, 0.15) is 5.54 Å². The summed E-state index contributed by atoms with van der Waals surface area (Å²) in [5, 5.41) is 3.03. The smallest absolute Gasteiger partial charge is 0.240 e. The average Bonchev–Trinajstić information content (AvgIpc) is 2.50. The van der Waals surface area contributed by atoms with Gasteiger partial charge in [-0.3, -0.25) is 9.69 Å². The van der Waals surface area contributed by atoms with Gasteiger partial charge in [-0.1, -0.05) is 13.8 Å². The van der Waals surface area contributed by atoms with E-state index >= 15 is 0 Å². The van der Waals surface area contributed by atoms with Crippen molar-refractivity contribution in [3.63, 3.8) is 0 Å². The fraction of sp³-hybridized carbons (Fsp3) is 0.944. The summed E-state index contributed by atoms with van der Waals surface area (Å²) in [5.41, 5.74) is 5.23. The summed E-state index contributed by atoms with van der Waals surface area (Å²) in [5.74, 6) is -0.0489. The molecule has 1 amide bonds. The number of hydrogen-bond donors (Lipinski definition) is 2. The van der Waals surface area contributed by atoms with Crippen LogP contribution in [0.2, 0.25) is 0 Å². The molecule has 4 atom stereocenters. The van der Waals surface area contributed by atoms with Crippen LogP contribution in [0.1, 0.15) is 47.5 Å². The molecule has 1 aliphatic carbocycles. The quantitative estimate of drug-likeness (QED) is 0.623. The second-order valence-electron chi connectivity index (χ2n) is 7.97. The van der Waals surface area contributed by atoms with E-state index in [1.54, 1.807) is 0 Å². The average molecular weight is 414 g/mol. The maximum absolute atomic E-state index is 12.5. The zero-order valence-corrected chi connectivity index (χ0v) is 18.4. The van der Waals surface area contributed by atoms with Crippen molar-refractivity contribution in [1.82, 2.24) is 10.2 Å². The topological polar surface area (TPSA) is 76.8 Å². The highest BCUT2D eigenvalue weighted by atomic mass is 35.5. The van der Waals surface area contributed by atoms with Crippen LogP contribution in [-0.4, -0.2) is 67.4 Å². The molecule has 1 aliphatic heterocycles. The summed E-state index contributed by atoms with van der Waals surface area (Å²) in [4.78, 5) is 14.9. The molecule has 3 N–H and O–H groups in total. The molecule has 1 heterocycles. The summed E-state index contributed by atoms with van der Waals surface area (Å²) >= 11 is 0. The van der Waals surface area contributed by atoms with Crippen LogP contribution in [0.4, 0.5) is 0 Å². The summed E-state index contributed by atoms with van der Waals surface area (Å²) in [7, 11) is 0. The Balaban J connectivity index is 0.00000312. The van der Waals surface area contributed by atoms with Gasteiger partial charge in [0.2, 0.25) is 5.91 Å². The Bertz CT molecular complexity index is 443. The molecule has 2 aliphatic rings. The summed E-state index contributed by atoms with van der Waals surface area (Å²) in [6, 6.07) is 0. The van der Waals surface area contributed by atoms with Crippen molar-refractivity contribution < 1.29 is 14.3 Å². The third-order valence-electron chi connectivity index (χ3n) is 5.67. The van der Waals surface area contributed by atoms with Crippen LogP contribution < -0.4 is 11.1 Å². The number of rotatable bonds is 7. The van der Waals surface area contributed by atoms with E-state index in [2.05, 4.69) is 24.1 Å². The predicted molar refractivity (Wildman–Crippen MR) is 109 cm³/mol. The standard InChI is InChI=1S/C18H35N3O3.2ClH/c1-6-23-15-10-18(19,17(15,4)5)16(22)20-8-7-9-21-11-13(2)24-14(3)12-21;;/h13-15H,6-12,19H2,1-5H3,(H,20,22);2*1H. The van der Waals surface area contributed by atoms with Crippen molar-refractivity contribution in [3.8, 4) is 0 Å². The number of ether oxygens (including phenoxy) is 2.